The number of nitrogens with zero attached hydrogens (tertiary/aromatic N) is 2. The Bertz CT molecular complexity index is 988. The molecule has 0 saturated heterocycles. The first-order chi connectivity index (χ1) is 11.1. The van der Waals surface area contributed by atoms with Crippen molar-refractivity contribution in [3.8, 4) is 16.9 Å². The van der Waals surface area contributed by atoms with Crippen LogP contribution in [0.5, 0.6) is 0 Å². The molecular formula is C17H14N2O2S2. The number of aryl methyl sites for hydroxylation is 2. The van der Waals surface area contributed by atoms with Gasteiger partial charge in [-0.25, -0.2) is 0 Å². The third-order valence-electron chi connectivity index (χ3n) is 3.92. The summed E-state index contributed by atoms with van der Waals surface area (Å²) in [6.45, 7) is 2.00. The van der Waals surface area contributed by atoms with Gasteiger partial charge in [-0.05, 0) is 31.0 Å². The van der Waals surface area contributed by atoms with Crippen LogP contribution >= 0.6 is 11.3 Å². The van der Waals surface area contributed by atoms with Crippen molar-refractivity contribution in [3.05, 3.63) is 62.6 Å². The minimum Gasteiger partial charge on any atom is -0.267 e. The number of rotatable bonds is 1. The molecule has 2 aromatic heterocycles. The largest absolute Gasteiger partial charge is 0.271 e. The van der Waals surface area contributed by atoms with E-state index in [-0.39, 0.29) is 5.56 Å². The molecule has 4 nitrogen and oxygen atoms in total. The van der Waals surface area contributed by atoms with Gasteiger partial charge < -0.3 is 0 Å². The van der Waals surface area contributed by atoms with Gasteiger partial charge in [-0.3, -0.25) is 9.00 Å². The van der Waals surface area contributed by atoms with Gasteiger partial charge >= 0.3 is 0 Å². The zero-order valence-corrected chi connectivity index (χ0v) is 14.1. The molecule has 0 aliphatic carbocycles. The first kappa shape index (κ1) is 14.5. The lowest BCUT2D eigenvalue weighted by atomic mass is 10.1. The lowest BCUT2D eigenvalue weighted by Gasteiger charge is -2.10. The van der Waals surface area contributed by atoms with Gasteiger partial charge in [0.05, 0.1) is 22.2 Å². The molecule has 1 unspecified atom stereocenters. The van der Waals surface area contributed by atoms with Crippen LogP contribution in [0.25, 0.3) is 16.9 Å². The number of hydrogen-bond donors (Lipinski definition) is 0. The first-order valence-corrected chi connectivity index (χ1v) is 9.50. The fraction of sp³-hybridized carbons (Fsp3) is 0.176. The van der Waals surface area contributed by atoms with Crippen molar-refractivity contribution in [2.45, 2.75) is 18.2 Å². The average Bonchev–Trinajstić information content (AvgIpc) is 2.93. The van der Waals surface area contributed by atoms with Crippen molar-refractivity contribution >= 4 is 22.1 Å². The van der Waals surface area contributed by atoms with Crippen LogP contribution in [0.15, 0.2) is 51.5 Å². The highest BCUT2D eigenvalue weighted by molar-refractivity contribution is 7.85. The fourth-order valence-corrected chi connectivity index (χ4v) is 4.74. The lowest BCUT2D eigenvalue weighted by Crippen LogP contribution is -2.22. The Kier molecular flexibility index (Phi) is 3.50. The molecule has 1 aliphatic rings. The summed E-state index contributed by atoms with van der Waals surface area (Å²) in [5.41, 5.74) is 3.13. The third kappa shape index (κ3) is 2.48. The second-order valence-electron chi connectivity index (χ2n) is 5.48. The lowest BCUT2D eigenvalue weighted by molar-refractivity contribution is 0.683. The van der Waals surface area contributed by atoms with Gasteiger partial charge in [-0.15, -0.1) is 11.3 Å². The predicted molar refractivity (Wildman–Crippen MR) is 92.9 cm³/mol. The normalized spacial score (nSPS) is 16.5. The van der Waals surface area contributed by atoms with Crippen LogP contribution in [-0.2, 0) is 17.2 Å². The molecule has 0 amide bonds. The molecule has 1 aliphatic heterocycles. The zero-order chi connectivity index (χ0) is 16.0. The Balaban J connectivity index is 2.00. The third-order valence-corrected chi connectivity index (χ3v) is 6.19. The van der Waals surface area contributed by atoms with Crippen LogP contribution in [-0.4, -0.2) is 19.7 Å². The first-order valence-electron chi connectivity index (χ1n) is 7.30. The number of fused-ring (bicyclic) bond motifs is 3. The van der Waals surface area contributed by atoms with Gasteiger partial charge in [0.2, 0.25) is 0 Å². The molecule has 0 spiro atoms. The van der Waals surface area contributed by atoms with Crippen LogP contribution in [0.2, 0.25) is 0 Å². The van der Waals surface area contributed by atoms with E-state index in [1.54, 1.807) is 17.4 Å². The van der Waals surface area contributed by atoms with Gasteiger partial charge in [0.15, 0.2) is 0 Å². The summed E-state index contributed by atoms with van der Waals surface area (Å²) in [7, 11) is -1.06. The predicted octanol–water partition coefficient (Wildman–Crippen LogP) is 2.93. The van der Waals surface area contributed by atoms with Crippen molar-refractivity contribution in [2.75, 3.05) is 5.75 Å². The second-order valence-corrected chi connectivity index (χ2v) is 8.13. The van der Waals surface area contributed by atoms with Gasteiger partial charge in [0.1, 0.15) is 0 Å². The molecule has 1 aromatic carbocycles. The van der Waals surface area contributed by atoms with Gasteiger partial charge in [-0.1, -0.05) is 18.2 Å². The quantitative estimate of drug-likeness (QED) is 0.683. The van der Waals surface area contributed by atoms with Crippen molar-refractivity contribution in [1.29, 1.82) is 0 Å². The molecule has 4 rings (SSSR count). The van der Waals surface area contributed by atoms with E-state index in [0.29, 0.717) is 12.2 Å². The number of hydrogen-bond acceptors (Lipinski definition) is 4. The Morgan fingerprint density at radius 1 is 1.26 bits per heavy atom. The molecule has 0 saturated carbocycles. The molecule has 23 heavy (non-hydrogen) atoms. The van der Waals surface area contributed by atoms with E-state index in [1.165, 1.54) is 4.68 Å². The van der Waals surface area contributed by atoms with Crippen LogP contribution in [0.3, 0.4) is 0 Å². The van der Waals surface area contributed by atoms with Crippen molar-refractivity contribution in [2.24, 2.45) is 0 Å². The van der Waals surface area contributed by atoms with Crippen LogP contribution in [0.4, 0.5) is 0 Å². The molecule has 0 bridgehead atoms. The molecular weight excluding hydrogens is 328 g/mol. The Hall–Kier alpha value is -2.05. The molecule has 0 fully saturated rings. The maximum atomic E-state index is 12.4. The summed E-state index contributed by atoms with van der Waals surface area (Å²) in [5, 5.41) is 6.54. The van der Waals surface area contributed by atoms with Crippen molar-refractivity contribution in [1.82, 2.24) is 9.78 Å². The summed E-state index contributed by atoms with van der Waals surface area (Å²) < 4.78 is 13.9. The zero-order valence-electron chi connectivity index (χ0n) is 12.5. The summed E-state index contributed by atoms with van der Waals surface area (Å²) in [6, 6.07) is 11.2. The van der Waals surface area contributed by atoms with E-state index in [0.717, 1.165) is 32.3 Å². The Morgan fingerprint density at radius 3 is 2.87 bits per heavy atom. The van der Waals surface area contributed by atoms with Crippen LogP contribution in [0, 0.1) is 6.92 Å². The number of aromatic nitrogens is 2. The standard InChI is InChI=1S/C17H14N2O2S2/c1-11-8-13(10-22-11)19-16(20)9-12-6-7-23(21)15-5-3-2-4-14(15)17(12)18-19/h2-5,8-10H,6-7H2,1H3. The van der Waals surface area contributed by atoms with Crippen LogP contribution in [0.1, 0.15) is 10.4 Å². The maximum Gasteiger partial charge on any atom is 0.271 e. The van der Waals surface area contributed by atoms with E-state index in [1.807, 2.05) is 42.6 Å². The smallest absolute Gasteiger partial charge is 0.267 e. The Morgan fingerprint density at radius 2 is 2.09 bits per heavy atom. The topological polar surface area (TPSA) is 52.0 Å². The number of benzene rings is 1. The van der Waals surface area contributed by atoms with Crippen molar-refractivity contribution in [3.63, 3.8) is 0 Å². The molecule has 116 valence electrons. The maximum absolute atomic E-state index is 12.4. The monoisotopic (exact) mass is 342 g/mol. The summed E-state index contributed by atoms with van der Waals surface area (Å²) in [6.07, 6.45) is 0.600. The van der Waals surface area contributed by atoms with Gasteiger partial charge in [0.25, 0.3) is 5.56 Å². The van der Waals surface area contributed by atoms with Crippen LogP contribution < -0.4 is 5.56 Å². The molecule has 1 atom stereocenters. The summed E-state index contributed by atoms with van der Waals surface area (Å²) in [5.74, 6) is 0.521. The van der Waals surface area contributed by atoms with E-state index in [9.17, 15) is 9.00 Å². The molecule has 6 heteroatoms. The van der Waals surface area contributed by atoms with Crippen molar-refractivity contribution < 1.29 is 4.21 Å². The fourth-order valence-electron chi connectivity index (χ4n) is 2.81. The van der Waals surface area contributed by atoms with Gasteiger partial charge in [-0.2, -0.15) is 9.78 Å². The second kappa shape index (κ2) is 5.54. The minimum absolute atomic E-state index is 0.147. The molecule has 3 heterocycles. The van der Waals surface area contributed by atoms with E-state index < -0.39 is 10.8 Å². The average molecular weight is 342 g/mol. The highest BCUT2D eigenvalue weighted by Gasteiger charge is 2.21. The minimum atomic E-state index is -1.06. The van der Waals surface area contributed by atoms with E-state index in [2.05, 4.69) is 5.10 Å². The molecule has 0 N–H and O–H groups in total. The molecule has 0 radical (unpaired) electrons. The highest BCUT2D eigenvalue weighted by Crippen LogP contribution is 2.31. The van der Waals surface area contributed by atoms with E-state index >= 15 is 0 Å². The Labute approximate surface area is 139 Å². The summed E-state index contributed by atoms with van der Waals surface area (Å²) >= 11 is 1.59. The molecule has 3 aromatic rings. The highest BCUT2D eigenvalue weighted by atomic mass is 32.2. The van der Waals surface area contributed by atoms with Gasteiger partial charge in [0, 0.05) is 32.5 Å². The summed E-state index contributed by atoms with van der Waals surface area (Å²) in [4.78, 5) is 14.4. The number of thiophene rings is 1. The SMILES string of the molecule is Cc1cc(-n2nc3c(cc2=O)CCS(=O)c2ccccc2-3)cs1. The van der Waals surface area contributed by atoms with E-state index in [4.69, 9.17) is 0 Å².